The zero-order chi connectivity index (χ0) is 18.8. The summed E-state index contributed by atoms with van der Waals surface area (Å²) < 4.78 is 6.33. The second-order valence-corrected chi connectivity index (χ2v) is 5.91. The number of hydrogen-bond donors (Lipinski definition) is 4. The molecule has 1 amide bonds. The maximum absolute atomic E-state index is 11.6. The van der Waals surface area contributed by atoms with Gasteiger partial charge in [-0.1, -0.05) is 23.6 Å². The highest BCUT2D eigenvalue weighted by atomic mass is 16.6. The third kappa shape index (κ3) is 3.44. The number of nitrogens with zero attached hydrogens (tertiary/aromatic N) is 3. The van der Waals surface area contributed by atoms with E-state index in [4.69, 9.17) is 10.5 Å². The number of amides is 1. The van der Waals surface area contributed by atoms with Gasteiger partial charge < -0.3 is 25.8 Å². The van der Waals surface area contributed by atoms with Gasteiger partial charge in [0.1, 0.15) is 18.3 Å². The van der Waals surface area contributed by atoms with Crippen molar-refractivity contribution in [3.05, 3.63) is 47.0 Å². The molecule has 0 spiro atoms. The molecule has 26 heavy (non-hydrogen) atoms. The van der Waals surface area contributed by atoms with Crippen molar-refractivity contribution in [2.75, 3.05) is 6.61 Å². The Bertz CT molecular complexity index is 868. The molecule has 0 unspecified atom stereocenters. The molecule has 0 radical (unpaired) electrons. The maximum atomic E-state index is 11.6. The van der Waals surface area contributed by atoms with E-state index in [-0.39, 0.29) is 11.6 Å². The third-order valence-electron chi connectivity index (χ3n) is 3.98. The molecule has 9 nitrogen and oxygen atoms in total. The first-order valence-electron chi connectivity index (χ1n) is 7.88. The van der Waals surface area contributed by atoms with Crippen LogP contribution in [0.15, 0.2) is 24.3 Å². The predicted molar refractivity (Wildman–Crippen MR) is 88.7 cm³/mol. The second-order valence-electron chi connectivity index (χ2n) is 5.91. The number of ether oxygens (including phenoxy) is 1. The van der Waals surface area contributed by atoms with E-state index in [2.05, 4.69) is 21.9 Å². The van der Waals surface area contributed by atoms with Crippen LogP contribution in [0.3, 0.4) is 0 Å². The van der Waals surface area contributed by atoms with Gasteiger partial charge in [-0.25, -0.2) is 4.68 Å². The molecule has 1 aromatic heterocycles. The average Bonchev–Trinajstić information content (AvgIpc) is 3.16. The summed E-state index contributed by atoms with van der Waals surface area (Å²) >= 11 is 0. The topological polar surface area (TPSA) is 144 Å². The van der Waals surface area contributed by atoms with Crippen LogP contribution in [0.4, 0.5) is 0 Å². The zero-order valence-electron chi connectivity index (χ0n) is 13.9. The molecule has 1 aliphatic rings. The van der Waals surface area contributed by atoms with Crippen LogP contribution in [-0.2, 0) is 4.74 Å². The zero-order valence-corrected chi connectivity index (χ0v) is 13.9. The Hall–Kier alpha value is -2.77. The van der Waals surface area contributed by atoms with Gasteiger partial charge in [0.05, 0.1) is 6.61 Å². The van der Waals surface area contributed by atoms with Crippen molar-refractivity contribution in [1.29, 1.82) is 0 Å². The fourth-order valence-electron chi connectivity index (χ4n) is 2.57. The molecule has 2 heterocycles. The lowest BCUT2D eigenvalue weighted by Gasteiger charge is -2.15. The molecule has 1 saturated heterocycles. The van der Waals surface area contributed by atoms with Gasteiger partial charge in [0, 0.05) is 5.56 Å². The molecular weight excluding hydrogens is 340 g/mol. The fraction of sp³-hybridized carbons (Fsp3) is 0.353. The number of carbonyl (C=O) groups is 1. The standard InChI is InChI=1S/C17H18N4O5/c1-9-2-4-10(5-3-9)6-7-12-19-16(15(18)25)21(20-12)17-14(24)13(23)11(8-22)26-17/h2-5,11,13-14,17,22-24H,8H2,1H3,(H2,18,25)/t11-,13-,14-,17-/m1/s1. The van der Waals surface area contributed by atoms with Gasteiger partial charge in [0.2, 0.25) is 11.6 Å². The minimum absolute atomic E-state index is 0.0112. The molecule has 136 valence electrons. The van der Waals surface area contributed by atoms with Crippen molar-refractivity contribution in [3.63, 3.8) is 0 Å². The predicted octanol–water partition coefficient (Wildman–Crippen LogP) is -1.30. The maximum Gasteiger partial charge on any atom is 0.286 e. The van der Waals surface area contributed by atoms with E-state index < -0.39 is 37.1 Å². The number of aliphatic hydroxyl groups excluding tert-OH is 3. The Labute approximate surface area is 149 Å². The minimum Gasteiger partial charge on any atom is -0.394 e. The van der Waals surface area contributed by atoms with Gasteiger partial charge in [-0.15, -0.1) is 5.10 Å². The van der Waals surface area contributed by atoms with Crippen LogP contribution in [0.2, 0.25) is 0 Å². The number of primary amides is 1. The number of aromatic nitrogens is 3. The van der Waals surface area contributed by atoms with Crippen molar-refractivity contribution in [1.82, 2.24) is 14.8 Å². The largest absolute Gasteiger partial charge is 0.394 e. The summed E-state index contributed by atoms with van der Waals surface area (Å²) in [6, 6.07) is 7.48. The van der Waals surface area contributed by atoms with Crippen LogP contribution in [0.5, 0.6) is 0 Å². The van der Waals surface area contributed by atoms with E-state index in [0.29, 0.717) is 0 Å². The lowest BCUT2D eigenvalue weighted by Crippen LogP contribution is -2.34. The van der Waals surface area contributed by atoms with Crippen molar-refractivity contribution >= 4 is 5.91 Å². The fourth-order valence-corrected chi connectivity index (χ4v) is 2.57. The Kier molecular flexibility index (Phi) is 5.01. The molecule has 1 aromatic carbocycles. The van der Waals surface area contributed by atoms with Crippen LogP contribution < -0.4 is 5.73 Å². The van der Waals surface area contributed by atoms with Crippen molar-refractivity contribution in [3.8, 4) is 11.8 Å². The van der Waals surface area contributed by atoms with Crippen LogP contribution in [0.25, 0.3) is 0 Å². The first-order chi connectivity index (χ1) is 12.4. The second kappa shape index (κ2) is 7.23. The molecule has 9 heteroatoms. The van der Waals surface area contributed by atoms with Gasteiger partial charge in [0.15, 0.2) is 6.23 Å². The number of benzene rings is 1. The summed E-state index contributed by atoms with van der Waals surface area (Å²) in [6.45, 7) is 1.45. The Balaban J connectivity index is 1.93. The number of carbonyl (C=O) groups excluding carboxylic acids is 1. The van der Waals surface area contributed by atoms with E-state index >= 15 is 0 Å². The van der Waals surface area contributed by atoms with Gasteiger partial charge in [0.25, 0.3) is 5.91 Å². The van der Waals surface area contributed by atoms with Crippen LogP contribution >= 0.6 is 0 Å². The van der Waals surface area contributed by atoms with Crippen LogP contribution in [-0.4, -0.2) is 60.9 Å². The number of aryl methyl sites for hydroxylation is 1. The quantitative estimate of drug-likeness (QED) is 0.499. The van der Waals surface area contributed by atoms with Gasteiger partial charge in [-0.2, -0.15) is 4.98 Å². The summed E-state index contributed by atoms with van der Waals surface area (Å²) in [5, 5.41) is 33.2. The summed E-state index contributed by atoms with van der Waals surface area (Å²) in [7, 11) is 0. The Morgan fingerprint density at radius 1 is 1.27 bits per heavy atom. The van der Waals surface area contributed by atoms with Gasteiger partial charge >= 0.3 is 0 Å². The van der Waals surface area contributed by atoms with E-state index in [1.807, 2.05) is 31.2 Å². The molecule has 0 aliphatic carbocycles. The summed E-state index contributed by atoms with van der Waals surface area (Å²) in [6.07, 6.45) is -4.98. The van der Waals surface area contributed by atoms with Gasteiger partial charge in [-0.3, -0.25) is 4.79 Å². The lowest BCUT2D eigenvalue weighted by molar-refractivity contribution is -0.0595. The Morgan fingerprint density at radius 2 is 1.96 bits per heavy atom. The SMILES string of the molecule is Cc1ccc(C#Cc2nc(C(N)=O)n([C@@H]3O[C@H](CO)[C@@H](O)[C@H]3O)n2)cc1. The average molecular weight is 358 g/mol. The highest BCUT2D eigenvalue weighted by Crippen LogP contribution is 2.29. The smallest absolute Gasteiger partial charge is 0.286 e. The van der Waals surface area contributed by atoms with Crippen molar-refractivity contribution in [2.45, 2.75) is 31.5 Å². The molecule has 3 rings (SSSR count). The third-order valence-corrected chi connectivity index (χ3v) is 3.98. The van der Waals surface area contributed by atoms with Crippen molar-refractivity contribution < 1.29 is 24.9 Å². The molecule has 5 N–H and O–H groups in total. The number of hydrogen-bond acceptors (Lipinski definition) is 7. The highest BCUT2D eigenvalue weighted by molar-refractivity contribution is 5.89. The molecule has 4 atom stereocenters. The molecule has 1 aliphatic heterocycles. The first-order valence-corrected chi connectivity index (χ1v) is 7.88. The Morgan fingerprint density at radius 3 is 2.54 bits per heavy atom. The van der Waals surface area contributed by atoms with Crippen molar-refractivity contribution in [2.24, 2.45) is 5.73 Å². The summed E-state index contributed by atoms with van der Waals surface area (Å²) in [5.74, 6) is 4.44. The van der Waals surface area contributed by atoms with Crippen LogP contribution in [0, 0.1) is 18.8 Å². The molecular formula is C17H18N4O5. The van der Waals surface area contributed by atoms with E-state index in [1.165, 1.54) is 0 Å². The van der Waals surface area contributed by atoms with E-state index in [1.54, 1.807) is 0 Å². The molecule has 0 bridgehead atoms. The summed E-state index contributed by atoms with van der Waals surface area (Å²) in [5.41, 5.74) is 7.14. The number of aliphatic hydroxyl groups is 3. The summed E-state index contributed by atoms with van der Waals surface area (Å²) in [4.78, 5) is 15.6. The monoisotopic (exact) mass is 358 g/mol. The van der Waals surface area contributed by atoms with E-state index in [9.17, 15) is 20.1 Å². The van der Waals surface area contributed by atoms with Crippen LogP contribution in [0.1, 0.15) is 33.8 Å². The molecule has 1 fully saturated rings. The number of rotatable bonds is 3. The first kappa shape index (κ1) is 18.0. The lowest BCUT2D eigenvalue weighted by atomic mass is 10.1. The molecule has 2 aromatic rings. The normalized spacial score (nSPS) is 24.9. The van der Waals surface area contributed by atoms with E-state index in [0.717, 1.165) is 15.8 Å². The van der Waals surface area contributed by atoms with Gasteiger partial charge in [-0.05, 0) is 25.0 Å². The number of nitrogens with two attached hydrogens (primary N) is 1. The molecule has 0 saturated carbocycles. The minimum atomic E-state index is -1.41. The highest BCUT2D eigenvalue weighted by Gasteiger charge is 2.45.